The van der Waals surface area contributed by atoms with Crippen molar-refractivity contribution in [2.45, 2.75) is 25.7 Å². The number of hydrogen-bond donors (Lipinski definition) is 2. The van der Waals surface area contributed by atoms with Crippen LogP contribution in [0.2, 0.25) is 0 Å². The molecule has 1 aliphatic rings. The molecule has 1 aliphatic heterocycles. The van der Waals surface area contributed by atoms with E-state index in [0.29, 0.717) is 24.5 Å². The Balaban J connectivity index is 1.45. The Hall–Kier alpha value is -3.36. The predicted molar refractivity (Wildman–Crippen MR) is 135 cm³/mol. The van der Waals surface area contributed by atoms with Crippen LogP contribution in [0.3, 0.4) is 0 Å². The highest BCUT2D eigenvalue weighted by Gasteiger charge is 2.17. The minimum absolute atomic E-state index is 0.0935. The minimum atomic E-state index is -3.77. The lowest BCUT2D eigenvalue weighted by Gasteiger charge is -2.29. The van der Waals surface area contributed by atoms with Crippen LogP contribution in [0.25, 0.3) is 0 Å². The van der Waals surface area contributed by atoms with E-state index in [1.165, 1.54) is 24.3 Å². The van der Waals surface area contributed by atoms with Gasteiger partial charge in [0, 0.05) is 30.0 Å². The summed E-state index contributed by atoms with van der Waals surface area (Å²) in [5.41, 5.74) is 5.56. The molecule has 3 aromatic carbocycles. The summed E-state index contributed by atoms with van der Waals surface area (Å²) in [6.45, 7) is 8.87. The van der Waals surface area contributed by atoms with Gasteiger partial charge < -0.3 is 15.0 Å². The molecule has 1 amide bonds. The van der Waals surface area contributed by atoms with Crippen molar-refractivity contribution in [1.82, 2.24) is 0 Å². The molecule has 0 radical (unpaired) electrons. The van der Waals surface area contributed by atoms with Gasteiger partial charge in [-0.2, -0.15) is 0 Å². The van der Waals surface area contributed by atoms with Gasteiger partial charge in [-0.25, -0.2) is 8.42 Å². The fraction of sp³-hybridized carbons (Fsp3) is 0.269. The molecule has 0 aliphatic carbocycles. The maximum Gasteiger partial charge on any atom is 0.261 e. The van der Waals surface area contributed by atoms with Crippen molar-refractivity contribution in [2.24, 2.45) is 0 Å². The van der Waals surface area contributed by atoms with Crippen LogP contribution in [-0.4, -0.2) is 40.6 Å². The van der Waals surface area contributed by atoms with E-state index in [1.54, 1.807) is 6.07 Å². The lowest BCUT2D eigenvalue weighted by Crippen LogP contribution is -2.36. The molecule has 0 atom stereocenters. The third-order valence-electron chi connectivity index (χ3n) is 6.11. The summed E-state index contributed by atoms with van der Waals surface area (Å²) in [6.07, 6.45) is 0. The first-order valence-corrected chi connectivity index (χ1v) is 12.7. The van der Waals surface area contributed by atoms with Crippen LogP contribution in [0, 0.1) is 20.8 Å². The molecule has 0 aromatic heterocycles. The number of aryl methyl sites for hydroxylation is 2. The minimum Gasteiger partial charge on any atom is -0.378 e. The fourth-order valence-electron chi connectivity index (χ4n) is 3.85. The quantitative estimate of drug-likeness (QED) is 0.544. The van der Waals surface area contributed by atoms with Gasteiger partial charge in [0.25, 0.3) is 15.9 Å². The Morgan fingerprint density at radius 3 is 2.26 bits per heavy atom. The van der Waals surface area contributed by atoms with E-state index in [9.17, 15) is 13.2 Å². The summed E-state index contributed by atoms with van der Waals surface area (Å²) in [4.78, 5) is 15.1. The Kier molecular flexibility index (Phi) is 6.90. The zero-order chi connectivity index (χ0) is 24.3. The molecule has 4 rings (SSSR count). The topological polar surface area (TPSA) is 87.7 Å². The average molecular weight is 480 g/mol. The van der Waals surface area contributed by atoms with Gasteiger partial charge in [0.05, 0.1) is 23.8 Å². The van der Waals surface area contributed by atoms with Crippen LogP contribution in [0.15, 0.2) is 65.6 Å². The molecule has 7 nitrogen and oxygen atoms in total. The van der Waals surface area contributed by atoms with E-state index >= 15 is 0 Å². The molecule has 34 heavy (non-hydrogen) atoms. The molecule has 3 aromatic rings. The molecule has 0 saturated carbocycles. The molecule has 1 saturated heterocycles. The van der Waals surface area contributed by atoms with E-state index in [0.717, 1.165) is 41.2 Å². The molecule has 0 spiro atoms. The highest BCUT2D eigenvalue weighted by molar-refractivity contribution is 7.92. The second-order valence-electron chi connectivity index (χ2n) is 8.43. The molecule has 1 fully saturated rings. The highest BCUT2D eigenvalue weighted by Crippen LogP contribution is 2.25. The second kappa shape index (κ2) is 9.87. The van der Waals surface area contributed by atoms with E-state index in [4.69, 9.17) is 4.74 Å². The third-order valence-corrected chi connectivity index (χ3v) is 7.49. The van der Waals surface area contributed by atoms with Gasteiger partial charge in [-0.1, -0.05) is 12.1 Å². The van der Waals surface area contributed by atoms with Gasteiger partial charge in [-0.3, -0.25) is 9.52 Å². The van der Waals surface area contributed by atoms with Crippen molar-refractivity contribution in [2.75, 3.05) is 41.2 Å². The number of rotatable bonds is 6. The monoisotopic (exact) mass is 479 g/mol. The van der Waals surface area contributed by atoms with Crippen molar-refractivity contribution in [3.8, 4) is 0 Å². The van der Waals surface area contributed by atoms with Gasteiger partial charge in [-0.05, 0) is 86.0 Å². The normalized spacial score (nSPS) is 14.0. The second-order valence-corrected chi connectivity index (χ2v) is 10.1. The Morgan fingerprint density at radius 2 is 1.59 bits per heavy atom. The summed E-state index contributed by atoms with van der Waals surface area (Å²) in [7, 11) is -3.77. The largest absolute Gasteiger partial charge is 0.378 e. The summed E-state index contributed by atoms with van der Waals surface area (Å²) in [6, 6.07) is 17.3. The highest BCUT2D eigenvalue weighted by atomic mass is 32.2. The number of carbonyl (C=O) groups is 1. The van der Waals surface area contributed by atoms with Crippen LogP contribution >= 0.6 is 0 Å². The van der Waals surface area contributed by atoms with E-state index < -0.39 is 10.0 Å². The number of benzene rings is 3. The van der Waals surface area contributed by atoms with Crippen LogP contribution in [-0.2, 0) is 14.8 Å². The molecule has 178 valence electrons. The third kappa shape index (κ3) is 5.24. The maximum absolute atomic E-state index is 12.8. The smallest absolute Gasteiger partial charge is 0.261 e. The van der Waals surface area contributed by atoms with Crippen molar-refractivity contribution in [1.29, 1.82) is 0 Å². The number of morpholine rings is 1. The maximum atomic E-state index is 12.8. The molecule has 2 N–H and O–H groups in total. The van der Waals surface area contributed by atoms with Crippen molar-refractivity contribution in [3.63, 3.8) is 0 Å². The SMILES string of the molecule is Cc1cc(N2CCOCC2)ccc1NC(=O)c1ccc(S(=O)(=O)Nc2cccc(C)c2C)cc1. The van der Waals surface area contributed by atoms with Gasteiger partial charge in [0.1, 0.15) is 0 Å². The molecule has 0 unspecified atom stereocenters. The van der Waals surface area contributed by atoms with Crippen LogP contribution < -0.4 is 14.9 Å². The molecule has 1 heterocycles. The van der Waals surface area contributed by atoms with Gasteiger partial charge in [0.15, 0.2) is 0 Å². The molecular weight excluding hydrogens is 450 g/mol. The van der Waals surface area contributed by atoms with E-state index in [1.807, 2.05) is 45.0 Å². The number of anilines is 3. The molecule has 0 bridgehead atoms. The van der Waals surface area contributed by atoms with E-state index in [-0.39, 0.29) is 10.8 Å². The Morgan fingerprint density at radius 1 is 0.882 bits per heavy atom. The van der Waals surface area contributed by atoms with Gasteiger partial charge in [0.2, 0.25) is 0 Å². The lowest BCUT2D eigenvalue weighted by molar-refractivity contribution is 0.102. The van der Waals surface area contributed by atoms with Crippen molar-refractivity contribution in [3.05, 3.63) is 82.9 Å². The van der Waals surface area contributed by atoms with Crippen LogP contribution in [0.4, 0.5) is 17.1 Å². The number of nitrogens with zero attached hydrogens (tertiary/aromatic N) is 1. The van der Waals surface area contributed by atoms with Crippen molar-refractivity contribution >= 4 is 33.0 Å². The van der Waals surface area contributed by atoms with Crippen LogP contribution in [0.5, 0.6) is 0 Å². The standard InChI is InChI=1S/C26H29N3O4S/c1-18-5-4-6-25(20(18)3)28-34(31,32)23-10-7-21(8-11-23)26(30)27-24-12-9-22(17-19(24)2)29-13-15-33-16-14-29/h4-12,17,28H,13-16H2,1-3H3,(H,27,30). The van der Waals surface area contributed by atoms with Crippen LogP contribution in [0.1, 0.15) is 27.0 Å². The predicted octanol–water partition coefficient (Wildman–Crippen LogP) is 4.50. The Labute approximate surface area is 200 Å². The number of nitrogens with one attached hydrogen (secondary N) is 2. The van der Waals surface area contributed by atoms with Gasteiger partial charge in [-0.15, -0.1) is 0 Å². The summed E-state index contributed by atoms with van der Waals surface area (Å²) in [5.74, 6) is -0.298. The Bertz CT molecular complexity index is 1300. The fourth-order valence-corrected chi connectivity index (χ4v) is 4.97. The zero-order valence-corrected chi connectivity index (χ0v) is 20.4. The van der Waals surface area contributed by atoms with E-state index in [2.05, 4.69) is 21.0 Å². The summed E-state index contributed by atoms with van der Waals surface area (Å²) in [5, 5.41) is 2.92. The average Bonchev–Trinajstić information content (AvgIpc) is 2.84. The first-order chi connectivity index (χ1) is 16.2. The lowest BCUT2D eigenvalue weighted by atomic mass is 10.1. The first kappa shape index (κ1) is 23.8. The number of sulfonamides is 1. The van der Waals surface area contributed by atoms with Gasteiger partial charge >= 0.3 is 0 Å². The first-order valence-electron chi connectivity index (χ1n) is 11.2. The van der Waals surface area contributed by atoms with Crippen molar-refractivity contribution < 1.29 is 17.9 Å². The molecule has 8 heteroatoms. The number of amides is 1. The number of hydrogen-bond acceptors (Lipinski definition) is 5. The number of carbonyl (C=O) groups excluding carboxylic acids is 1. The summed E-state index contributed by atoms with van der Waals surface area (Å²) >= 11 is 0. The zero-order valence-electron chi connectivity index (χ0n) is 19.6. The number of ether oxygens (including phenoxy) is 1. The molecular formula is C26H29N3O4S. The summed E-state index contributed by atoms with van der Waals surface area (Å²) < 4.78 is 33.7.